The molecule has 2 N–H and O–H groups in total. The Balaban J connectivity index is 1.78. The van der Waals surface area contributed by atoms with Gasteiger partial charge in [0.05, 0.1) is 23.7 Å². The lowest BCUT2D eigenvalue weighted by Crippen LogP contribution is -2.46. The van der Waals surface area contributed by atoms with E-state index < -0.39 is 34.1 Å². The number of benzene rings is 1. The van der Waals surface area contributed by atoms with Crippen molar-refractivity contribution in [3.63, 3.8) is 0 Å². The molecule has 0 bridgehead atoms. The van der Waals surface area contributed by atoms with Gasteiger partial charge in [0.25, 0.3) is 0 Å². The summed E-state index contributed by atoms with van der Waals surface area (Å²) < 4.78 is 23.0. The summed E-state index contributed by atoms with van der Waals surface area (Å²) in [6.45, 7) is 0. The molecule has 0 aromatic heterocycles. The number of nitrogens with one attached hydrogen (secondary N) is 1. The van der Waals surface area contributed by atoms with E-state index in [4.69, 9.17) is 23.2 Å². The standard InChI is InChI=1S/C15H18Cl2N2O4S/c1-19(15(21)18-9-2-3-24(22,23)7-9)14-11-4-8(16)5-12(17)10(11)6-13(14)20/h4-5,9,13-14,20H,2-3,6-7H2,1H3,(H,18,21)/t9-,13-,14+/m1/s1. The second-order valence-corrected chi connectivity index (χ2v) is 9.40. The fourth-order valence-electron chi connectivity index (χ4n) is 3.41. The van der Waals surface area contributed by atoms with Gasteiger partial charge in [0, 0.05) is 29.6 Å². The van der Waals surface area contributed by atoms with E-state index in [1.807, 2.05) is 0 Å². The van der Waals surface area contributed by atoms with Gasteiger partial charge in [-0.25, -0.2) is 13.2 Å². The highest BCUT2D eigenvalue weighted by atomic mass is 35.5. The van der Waals surface area contributed by atoms with Crippen LogP contribution in [0, 0.1) is 0 Å². The van der Waals surface area contributed by atoms with Crippen molar-refractivity contribution in [1.82, 2.24) is 10.2 Å². The van der Waals surface area contributed by atoms with E-state index in [0.717, 1.165) is 11.1 Å². The van der Waals surface area contributed by atoms with Crippen LogP contribution < -0.4 is 5.32 Å². The van der Waals surface area contributed by atoms with Crippen molar-refractivity contribution < 1.29 is 18.3 Å². The van der Waals surface area contributed by atoms with Crippen LogP contribution in [0.15, 0.2) is 12.1 Å². The minimum Gasteiger partial charge on any atom is -0.390 e. The van der Waals surface area contributed by atoms with E-state index in [1.54, 1.807) is 19.2 Å². The van der Waals surface area contributed by atoms with Crippen molar-refractivity contribution in [3.8, 4) is 0 Å². The SMILES string of the molecule is CN(C(=O)N[C@@H]1CCS(=O)(=O)C1)[C@H]1c2cc(Cl)cc(Cl)c2C[C@H]1O. The smallest absolute Gasteiger partial charge is 0.317 e. The van der Waals surface area contributed by atoms with Gasteiger partial charge in [0.1, 0.15) is 0 Å². The first-order valence-corrected chi connectivity index (χ1v) is 10.2. The molecule has 3 atom stereocenters. The minimum atomic E-state index is -3.07. The highest BCUT2D eigenvalue weighted by molar-refractivity contribution is 7.91. The molecule has 1 aromatic carbocycles. The summed E-state index contributed by atoms with van der Waals surface area (Å²) >= 11 is 12.2. The molecular formula is C15H18Cl2N2O4S. The Kier molecular flexibility index (Phi) is 4.72. The summed E-state index contributed by atoms with van der Waals surface area (Å²) in [7, 11) is -1.51. The van der Waals surface area contributed by atoms with Crippen LogP contribution in [0.1, 0.15) is 23.6 Å². The predicted octanol–water partition coefficient (Wildman–Crippen LogP) is 1.78. The number of aliphatic hydroxyl groups excluding tert-OH is 1. The Bertz CT molecular complexity index is 784. The number of rotatable bonds is 2. The van der Waals surface area contributed by atoms with E-state index in [9.17, 15) is 18.3 Å². The number of urea groups is 1. The third-order valence-corrected chi connectivity index (χ3v) is 6.91. The van der Waals surface area contributed by atoms with Gasteiger partial charge in [0.15, 0.2) is 9.84 Å². The molecular weight excluding hydrogens is 375 g/mol. The zero-order valence-electron chi connectivity index (χ0n) is 13.0. The lowest BCUT2D eigenvalue weighted by Gasteiger charge is -2.29. The Labute approximate surface area is 150 Å². The van der Waals surface area contributed by atoms with Gasteiger partial charge in [-0.15, -0.1) is 0 Å². The normalized spacial score (nSPS) is 27.8. The van der Waals surface area contributed by atoms with Crippen molar-refractivity contribution >= 4 is 39.1 Å². The zero-order valence-corrected chi connectivity index (χ0v) is 15.3. The average molecular weight is 393 g/mol. The van der Waals surface area contributed by atoms with Gasteiger partial charge in [-0.1, -0.05) is 23.2 Å². The van der Waals surface area contributed by atoms with Crippen LogP contribution in [-0.4, -0.2) is 55.2 Å². The third kappa shape index (κ3) is 3.35. The van der Waals surface area contributed by atoms with E-state index >= 15 is 0 Å². The number of amides is 2. The molecule has 3 rings (SSSR count). The molecule has 1 heterocycles. The van der Waals surface area contributed by atoms with Crippen LogP contribution in [0.2, 0.25) is 10.0 Å². The molecule has 0 saturated carbocycles. The zero-order chi connectivity index (χ0) is 17.6. The van der Waals surface area contributed by atoms with Crippen molar-refractivity contribution in [1.29, 1.82) is 0 Å². The van der Waals surface area contributed by atoms with Gasteiger partial charge in [-0.3, -0.25) is 0 Å². The maximum absolute atomic E-state index is 12.5. The Hall–Kier alpha value is -1.02. The van der Waals surface area contributed by atoms with Crippen LogP contribution >= 0.6 is 23.2 Å². The number of carbonyl (C=O) groups excluding carboxylic acids is 1. The van der Waals surface area contributed by atoms with Gasteiger partial charge in [-0.2, -0.15) is 0 Å². The van der Waals surface area contributed by atoms with E-state index in [1.165, 1.54) is 4.90 Å². The van der Waals surface area contributed by atoms with Gasteiger partial charge in [0.2, 0.25) is 0 Å². The van der Waals surface area contributed by atoms with E-state index in [0.29, 0.717) is 22.9 Å². The van der Waals surface area contributed by atoms with Crippen LogP contribution in [0.5, 0.6) is 0 Å². The minimum absolute atomic E-state index is 0.0476. The molecule has 132 valence electrons. The third-order valence-electron chi connectivity index (χ3n) is 4.59. The lowest BCUT2D eigenvalue weighted by atomic mass is 10.1. The molecule has 0 radical (unpaired) electrons. The van der Waals surface area contributed by atoms with Crippen LogP contribution in [0.4, 0.5) is 4.79 Å². The average Bonchev–Trinajstić information content (AvgIpc) is 2.97. The number of sulfone groups is 1. The second-order valence-electron chi connectivity index (χ2n) is 6.33. The number of halogens is 2. The maximum atomic E-state index is 12.5. The Morgan fingerprint density at radius 2 is 2.08 bits per heavy atom. The van der Waals surface area contributed by atoms with Crippen molar-refractivity contribution in [3.05, 3.63) is 33.3 Å². The van der Waals surface area contributed by atoms with E-state index in [2.05, 4.69) is 5.32 Å². The molecule has 24 heavy (non-hydrogen) atoms. The monoisotopic (exact) mass is 392 g/mol. The number of fused-ring (bicyclic) bond motifs is 1. The van der Waals surface area contributed by atoms with Gasteiger partial charge in [-0.05, 0) is 29.7 Å². The number of aliphatic hydroxyl groups is 1. The summed E-state index contributed by atoms with van der Waals surface area (Å²) in [4.78, 5) is 13.8. The number of carbonyl (C=O) groups is 1. The number of likely N-dealkylation sites (N-methyl/N-ethyl adjacent to an activating group) is 1. The molecule has 1 saturated heterocycles. The molecule has 1 aliphatic heterocycles. The van der Waals surface area contributed by atoms with Crippen molar-refractivity contribution in [2.24, 2.45) is 0 Å². The highest BCUT2D eigenvalue weighted by Crippen LogP contribution is 2.40. The maximum Gasteiger partial charge on any atom is 0.317 e. The predicted molar refractivity (Wildman–Crippen MR) is 92.3 cm³/mol. The van der Waals surface area contributed by atoms with Crippen molar-refractivity contribution in [2.45, 2.75) is 31.0 Å². The summed E-state index contributed by atoms with van der Waals surface area (Å²) in [5.74, 6) is 0.0375. The quantitative estimate of drug-likeness (QED) is 0.802. The molecule has 6 nitrogen and oxygen atoms in total. The molecule has 9 heteroatoms. The molecule has 2 amide bonds. The molecule has 1 aromatic rings. The summed E-state index contributed by atoms with van der Waals surface area (Å²) in [6.07, 6.45) is -0.0477. The first kappa shape index (κ1) is 17.8. The van der Waals surface area contributed by atoms with E-state index in [-0.39, 0.29) is 11.5 Å². The largest absolute Gasteiger partial charge is 0.390 e. The summed E-state index contributed by atoms with van der Waals surface area (Å²) in [5.41, 5.74) is 1.50. The van der Waals surface area contributed by atoms with Crippen LogP contribution in [-0.2, 0) is 16.3 Å². The first-order valence-electron chi connectivity index (χ1n) is 7.57. The Morgan fingerprint density at radius 3 is 2.71 bits per heavy atom. The molecule has 1 aliphatic carbocycles. The topological polar surface area (TPSA) is 86.7 Å². The van der Waals surface area contributed by atoms with Crippen LogP contribution in [0.25, 0.3) is 0 Å². The first-order chi connectivity index (χ1) is 11.2. The molecule has 1 fully saturated rings. The molecule has 0 spiro atoms. The summed E-state index contributed by atoms with van der Waals surface area (Å²) in [5, 5.41) is 14.0. The molecule has 2 aliphatic rings. The highest BCUT2D eigenvalue weighted by Gasteiger charge is 2.38. The summed E-state index contributed by atoms with van der Waals surface area (Å²) in [6, 6.07) is 1.92. The lowest BCUT2D eigenvalue weighted by molar-refractivity contribution is 0.0885. The Morgan fingerprint density at radius 1 is 1.38 bits per heavy atom. The second kappa shape index (κ2) is 6.37. The fourth-order valence-corrected chi connectivity index (χ4v) is 5.67. The van der Waals surface area contributed by atoms with Gasteiger partial charge >= 0.3 is 6.03 Å². The molecule has 0 unspecified atom stereocenters. The van der Waals surface area contributed by atoms with Crippen molar-refractivity contribution in [2.75, 3.05) is 18.6 Å². The van der Waals surface area contributed by atoms with Gasteiger partial charge < -0.3 is 15.3 Å². The van der Waals surface area contributed by atoms with Crippen LogP contribution in [0.3, 0.4) is 0 Å². The number of nitrogens with zero attached hydrogens (tertiary/aromatic N) is 1. The number of hydrogen-bond donors (Lipinski definition) is 2. The number of hydrogen-bond acceptors (Lipinski definition) is 4. The fraction of sp³-hybridized carbons (Fsp3) is 0.533.